The lowest BCUT2D eigenvalue weighted by Gasteiger charge is -2.11. The van der Waals surface area contributed by atoms with Crippen molar-refractivity contribution >= 4 is 0 Å². The average Bonchev–Trinajstić information content (AvgIpc) is 2.17. The lowest BCUT2D eigenvalue weighted by molar-refractivity contribution is 0.199. The fourth-order valence-corrected chi connectivity index (χ4v) is 1.42. The zero-order chi connectivity index (χ0) is 10.6. The molecule has 0 fully saturated rings. The molecule has 0 rings (SSSR count). The maximum Gasteiger partial charge on any atom is 0.0587 e. The summed E-state index contributed by atoms with van der Waals surface area (Å²) >= 11 is 0. The van der Waals surface area contributed by atoms with Gasteiger partial charge in [0, 0.05) is 26.7 Å². The van der Waals surface area contributed by atoms with E-state index < -0.39 is 0 Å². The van der Waals surface area contributed by atoms with E-state index in [9.17, 15) is 0 Å². The van der Waals surface area contributed by atoms with E-state index in [1.807, 2.05) is 0 Å². The second-order valence-corrected chi connectivity index (χ2v) is 3.84. The van der Waals surface area contributed by atoms with Gasteiger partial charge in [-0.25, -0.2) is 0 Å². The fraction of sp³-hybridized carbons (Fsp3) is 1.00. The largest absolute Gasteiger partial charge is 0.383 e. The number of ether oxygens (including phenoxy) is 1. The van der Waals surface area contributed by atoms with Crippen molar-refractivity contribution in [1.82, 2.24) is 10.6 Å². The lowest BCUT2D eigenvalue weighted by Crippen LogP contribution is -2.31. The van der Waals surface area contributed by atoms with Gasteiger partial charge in [-0.3, -0.25) is 0 Å². The normalized spacial score (nSPS) is 13.1. The van der Waals surface area contributed by atoms with E-state index >= 15 is 0 Å². The minimum absolute atomic E-state index is 0.798. The molecular formula is C11H26N2O. The van der Waals surface area contributed by atoms with Gasteiger partial charge in [0.05, 0.1) is 6.61 Å². The third-order valence-corrected chi connectivity index (χ3v) is 2.24. The number of hydrogen-bond donors (Lipinski definition) is 2. The summed E-state index contributed by atoms with van der Waals surface area (Å²) in [7, 11) is 1.73. The molecular weight excluding hydrogens is 176 g/mol. The van der Waals surface area contributed by atoms with Crippen LogP contribution in [0.25, 0.3) is 0 Å². The number of hydrogen-bond acceptors (Lipinski definition) is 3. The Morgan fingerprint density at radius 3 is 2.50 bits per heavy atom. The maximum absolute atomic E-state index is 4.94. The minimum Gasteiger partial charge on any atom is -0.383 e. The number of methoxy groups -OCH3 is 1. The van der Waals surface area contributed by atoms with Crippen molar-refractivity contribution in [2.24, 2.45) is 5.92 Å². The fourth-order valence-electron chi connectivity index (χ4n) is 1.42. The predicted molar refractivity (Wildman–Crippen MR) is 61.7 cm³/mol. The van der Waals surface area contributed by atoms with Gasteiger partial charge < -0.3 is 15.4 Å². The van der Waals surface area contributed by atoms with Gasteiger partial charge in [0.2, 0.25) is 0 Å². The molecule has 0 aromatic carbocycles. The van der Waals surface area contributed by atoms with Crippen molar-refractivity contribution < 1.29 is 4.74 Å². The van der Waals surface area contributed by atoms with E-state index in [-0.39, 0.29) is 0 Å². The van der Waals surface area contributed by atoms with E-state index in [4.69, 9.17) is 4.74 Å². The van der Waals surface area contributed by atoms with Crippen molar-refractivity contribution in [3.63, 3.8) is 0 Å². The molecule has 0 radical (unpaired) electrons. The molecule has 1 atom stereocenters. The van der Waals surface area contributed by atoms with Crippen LogP contribution in [0.5, 0.6) is 0 Å². The van der Waals surface area contributed by atoms with Gasteiger partial charge in [-0.2, -0.15) is 0 Å². The topological polar surface area (TPSA) is 33.3 Å². The van der Waals surface area contributed by atoms with Crippen molar-refractivity contribution in [3.8, 4) is 0 Å². The lowest BCUT2D eigenvalue weighted by atomic mass is 10.1. The molecule has 3 nitrogen and oxygen atoms in total. The molecule has 2 N–H and O–H groups in total. The smallest absolute Gasteiger partial charge is 0.0587 e. The molecule has 1 unspecified atom stereocenters. The van der Waals surface area contributed by atoms with Crippen LogP contribution < -0.4 is 10.6 Å². The molecule has 0 aliphatic carbocycles. The summed E-state index contributed by atoms with van der Waals surface area (Å²) in [5, 5.41) is 6.75. The maximum atomic E-state index is 4.94. The van der Waals surface area contributed by atoms with Crippen LogP contribution in [-0.2, 0) is 4.74 Å². The predicted octanol–water partition coefficient (Wildman–Crippen LogP) is 1.25. The van der Waals surface area contributed by atoms with Crippen LogP contribution in [0.2, 0.25) is 0 Å². The van der Waals surface area contributed by atoms with Crippen LogP contribution in [0.4, 0.5) is 0 Å². The molecule has 14 heavy (non-hydrogen) atoms. The quantitative estimate of drug-likeness (QED) is 0.523. The van der Waals surface area contributed by atoms with Gasteiger partial charge in [0.15, 0.2) is 0 Å². The zero-order valence-electron chi connectivity index (χ0n) is 9.94. The summed E-state index contributed by atoms with van der Waals surface area (Å²) in [6, 6.07) is 0. The molecule has 0 aromatic rings. The van der Waals surface area contributed by atoms with Gasteiger partial charge in [-0.1, -0.05) is 20.3 Å². The van der Waals surface area contributed by atoms with Crippen LogP contribution >= 0.6 is 0 Å². The molecule has 0 saturated heterocycles. The van der Waals surface area contributed by atoms with Crippen molar-refractivity contribution in [3.05, 3.63) is 0 Å². The first-order chi connectivity index (χ1) is 6.81. The third kappa shape index (κ3) is 9.96. The van der Waals surface area contributed by atoms with Gasteiger partial charge >= 0.3 is 0 Å². The molecule has 0 aliphatic heterocycles. The monoisotopic (exact) mass is 202 g/mol. The van der Waals surface area contributed by atoms with Crippen LogP contribution in [0.15, 0.2) is 0 Å². The van der Waals surface area contributed by atoms with E-state index in [1.54, 1.807) is 7.11 Å². The molecule has 0 bridgehead atoms. The first kappa shape index (κ1) is 13.9. The van der Waals surface area contributed by atoms with E-state index in [0.29, 0.717) is 0 Å². The summed E-state index contributed by atoms with van der Waals surface area (Å²) in [6.07, 6.45) is 2.61. The highest BCUT2D eigenvalue weighted by Gasteiger charge is 1.98. The van der Waals surface area contributed by atoms with Gasteiger partial charge in [-0.15, -0.1) is 0 Å². The SMILES string of the molecule is CCCC(C)CNCCNCCOC. The van der Waals surface area contributed by atoms with Crippen LogP contribution in [0, 0.1) is 5.92 Å². The van der Waals surface area contributed by atoms with Gasteiger partial charge in [0.25, 0.3) is 0 Å². The summed E-state index contributed by atoms with van der Waals surface area (Å²) in [4.78, 5) is 0. The highest BCUT2D eigenvalue weighted by Crippen LogP contribution is 2.01. The summed E-state index contributed by atoms with van der Waals surface area (Å²) < 4.78 is 4.94. The van der Waals surface area contributed by atoms with Crippen molar-refractivity contribution in [2.75, 3.05) is 39.9 Å². The molecule has 0 aromatic heterocycles. The Kier molecular flexibility index (Phi) is 10.9. The molecule has 0 saturated carbocycles. The molecule has 86 valence electrons. The number of nitrogens with one attached hydrogen (secondary N) is 2. The molecule has 0 amide bonds. The Bertz CT molecular complexity index is 109. The molecule has 0 heterocycles. The Balaban J connectivity index is 2.98. The highest BCUT2D eigenvalue weighted by atomic mass is 16.5. The summed E-state index contributed by atoms with van der Waals surface area (Å²) in [5.41, 5.74) is 0. The van der Waals surface area contributed by atoms with Gasteiger partial charge in [0.1, 0.15) is 0 Å². The number of rotatable bonds is 10. The summed E-state index contributed by atoms with van der Waals surface area (Å²) in [5.74, 6) is 0.805. The zero-order valence-corrected chi connectivity index (χ0v) is 9.94. The molecule has 0 aliphatic rings. The Morgan fingerprint density at radius 2 is 1.86 bits per heavy atom. The Hall–Kier alpha value is -0.120. The van der Waals surface area contributed by atoms with Crippen LogP contribution in [0.1, 0.15) is 26.7 Å². The first-order valence-corrected chi connectivity index (χ1v) is 5.71. The van der Waals surface area contributed by atoms with E-state index in [2.05, 4.69) is 24.5 Å². The molecule has 0 spiro atoms. The minimum atomic E-state index is 0.798. The van der Waals surface area contributed by atoms with Crippen LogP contribution in [-0.4, -0.2) is 39.9 Å². The average molecular weight is 202 g/mol. The van der Waals surface area contributed by atoms with Gasteiger partial charge in [-0.05, 0) is 18.9 Å². The second-order valence-electron chi connectivity index (χ2n) is 3.84. The second kappa shape index (κ2) is 11.0. The molecule has 3 heteroatoms. The Labute approximate surface area is 88.6 Å². The Morgan fingerprint density at radius 1 is 1.14 bits per heavy atom. The van der Waals surface area contributed by atoms with Crippen molar-refractivity contribution in [2.45, 2.75) is 26.7 Å². The standard InChI is InChI=1S/C11H26N2O/c1-4-5-11(2)10-13-7-6-12-8-9-14-3/h11-13H,4-10H2,1-3H3. The third-order valence-electron chi connectivity index (χ3n) is 2.24. The van der Waals surface area contributed by atoms with Crippen LogP contribution in [0.3, 0.4) is 0 Å². The first-order valence-electron chi connectivity index (χ1n) is 5.71. The van der Waals surface area contributed by atoms with E-state index in [0.717, 1.165) is 38.7 Å². The van der Waals surface area contributed by atoms with Crippen molar-refractivity contribution in [1.29, 1.82) is 0 Å². The summed E-state index contributed by atoms with van der Waals surface area (Å²) in [6.45, 7) is 9.51. The highest BCUT2D eigenvalue weighted by molar-refractivity contribution is 4.57. The van der Waals surface area contributed by atoms with E-state index in [1.165, 1.54) is 12.8 Å².